The third-order valence-corrected chi connectivity index (χ3v) is 6.37. The summed E-state index contributed by atoms with van der Waals surface area (Å²) < 4.78 is 54.0. The van der Waals surface area contributed by atoms with Gasteiger partial charge in [0, 0.05) is 24.8 Å². The van der Waals surface area contributed by atoms with Crippen LogP contribution in [0.25, 0.3) is 0 Å². The summed E-state index contributed by atoms with van der Waals surface area (Å²) >= 11 is 0. The lowest BCUT2D eigenvalue weighted by Gasteiger charge is -2.36. The van der Waals surface area contributed by atoms with Gasteiger partial charge in [0.15, 0.2) is 0 Å². The Labute approximate surface area is 212 Å². The van der Waals surface area contributed by atoms with Crippen molar-refractivity contribution in [2.75, 3.05) is 39.6 Å². The van der Waals surface area contributed by atoms with E-state index in [1.807, 2.05) is 19.0 Å². The normalized spacial score (nSPS) is 20.9. The first kappa shape index (κ1) is 26.4. The highest BCUT2D eigenvalue weighted by Crippen LogP contribution is 2.47. The molecule has 0 saturated heterocycles. The fraction of sp³-hybridized carbons (Fsp3) is 0.333. The molecule has 0 fully saturated rings. The highest BCUT2D eigenvalue weighted by molar-refractivity contribution is 6.07. The van der Waals surface area contributed by atoms with Gasteiger partial charge in [-0.25, -0.2) is 18.0 Å². The summed E-state index contributed by atoms with van der Waals surface area (Å²) in [5, 5.41) is 5.81. The van der Waals surface area contributed by atoms with Crippen LogP contribution >= 0.6 is 0 Å². The van der Waals surface area contributed by atoms with Crippen molar-refractivity contribution in [1.82, 2.24) is 10.2 Å². The Balaban J connectivity index is 1.79. The Morgan fingerprint density at radius 2 is 1.84 bits per heavy atom. The number of hydrogen-bond donors (Lipinski definition) is 2. The van der Waals surface area contributed by atoms with E-state index in [1.165, 1.54) is 19.2 Å². The molecule has 2 aromatic rings. The van der Waals surface area contributed by atoms with Crippen LogP contribution in [0.15, 0.2) is 65.8 Å². The Hall–Kier alpha value is -3.63. The molecule has 3 unspecified atom stereocenters. The van der Waals surface area contributed by atoms with Crippen molar-refractivity contribution in [3.63, 3.8) is 0 Å². The number of hydrogen-bond acceptors (Lipinski definition) is 6. The molecule has 1 amide bonds. The van der Waals surface area contributed by atoms with Gasteiger partial charge in [-0.2, -0.15) is 0 Å². The van der Waals surface area contributed by atoms with Gasteiger partial charge in [-0.05, 0) is 50.4 Å². The average Bonchev–Trinajstić information content (AvgIpc) is 3.42. The zero-order valence-electron chi connectivity index (χ0n) is 20.7. The Morgan fingerprint density at radius 1 is 1.14 bits per heavy atom. The SMILES string of the molecule is COC(=O)C1=C(C(=O)NCCN(C)C)C2C=CC1(C(Cc1ccccc1F)Nc1cc(F)cc(F)c1)O2. The lowest BCUT2D eigenvalue weighted by Crippen LogP contribution is -2.50. The molecule has 2 heterocycles. The number of nitrogens with one attached hydrogen (secondary N) is 2. The van der Waals surface area contributed by atoms with Gasteiger partial charge in [-0.1, -0.05) is 24.3 Å². The zero-order chi connectivity index (χ0) is 26.7. The van der Waals surface area contributed by atoms with Crippen LogP contribution in [0.4, 0.5) is 18.9 Å². The summed E-state index contributed by atoms with van der Waals surface area (Å²) in [5.41, 5.74) is -1.20. The zero-order valence-corrected chi connectivity index (χ0v) is 20.7. The van der Waals surface area contributed by atoms with Crippen LogP contribution in [-0.2, 0) is 25.5 Å². The van der Waals surface area contributed by atoms with Crippen LogP contribution in [0, 0.1) is 17.5 Å². The van der Waals surface area contributed by atoms with E-state index < -0.39 is 47.1 Å². The monoisotopic (exact) mass is 515 g/mol. The molecule has 2 aromatic carbocycles. The number of fused-ring (bicyclic) bond motifs is 2. The third-order valence-electron chi connectivity index (χ3n) is 6.37. The second kappa shape index (κ2) is 10.8. The molecule has 2 bridgehead atoms. The molecule has 196 valence electrons. The molecule has 37 heavy (non-hydrogen) atoms. The molecular formula is C27H28F3N3O4. The van der Waals surface area contributed by atoms with Crippen molar-refractivity contribution in [1.29, 1.82) is 0 Å². The minimum atomic E-state index is -1.57. The predicted molar refractivity (Wildman–Crippen MR) is 131 cm³/mol. The lowest BCUT2D eigenvalue weighted by atomic mass is 9.78. The molecule has 4 rings (SSSR count). The smallest absolute Gasteiger partial charge is 0.337 e. The summed E-state index contributed by atoms with van der Waals surface area (Å²) in [7, 11) is 4.90. The van der Waals surface area contributed by atoms with Gasteiger partial charge in [0.1, 0.15) is 29.2 Å². The first-order valence-corrected chi connectivity index (χ1v) is 11.7. The number of rotatable bonds is 10. The molecule has 7 nitrogen and oxygen atoms in total. The molecule has 0 saturated carbocycles. The first-order valence-electron chi connectivity index (χ1n) is 11.7. The van der Waals surface area contributed by atoms with Crippen LogP contribution in [0.5, 0.6) is 0 Å². The van der Waals surface area contributed by atoms with Crippen molar-refractivity contribution in [3.8, 4) is 0 Å². The van der Waals surface area contributed by atoms with E-state index in [9.17, 15) is 22.8 Å². The molecule has 0 aromatic heterocycles. The van der Waals surface area contributed by atoms with E-state index in [0.717, 1.165) is 18.2 Å². The minimum Gasteiger partial charge on any atom is -0.466 e. The van der Waals surface area contributed by atoms with E-state index in [0.29, 0.717) is 13.1 Å². The highest BCUT2D eigenvalue weighted by Gasteiger charge is 2.58. The van der Waals surface area contributed by atoms with Gasteiger partial charge < -0.3 is 25.0 Å². The molecule has 2 aliphatic heterocycles. The number of amides is 1. The summed E-state index contributed by atoms with van der Waals surface area (Å²) in [6, 6.07) is 7.97. The third kappa shape index (κ3) is 5.40. The number of benzene rings is 2. The van der Waals surface area contributed by atoms with E-state index in [2.05, 4.69) is 10.6 Å². The highest BCUT2D eigenvalue weighted by atomic mass is 19.1. The molecule has 2 N–H and O–H groups in total. The summed E-state index contributed by atoms with van der Waals surface area (Å²) in [6.45, 7) is 0.897. The van der Waals surface area contributed by atoms with E-state index in [4.69, 9.17) is 9.47 Å². The van der Waals surface area contributed by atoms with Crippen molar-refractivity contribution in [2.24, 2.45) is 0 Å². The van der Waals surface area contributed by atoms with Gasteiger partial charge in [-0.3, -0.25) is 4.79 Å². The van der Waals surface area contributed by atoms with Crippen LogP contribution in [0.3, 0.4) is 0 Å². The van der Waals surface area contributed by atoms with Crippen molar-refractivity contribution < 1.29 is 32.2 Å². The fourth-order valence-electron chi connectivity index (χ4n) is 4.68. The largest absolute Gasteiger partial charge is 0.466 e. The number of nitrogens with zero attached hydrogens (tertiary/aromatic N) is 1. The maximum atomic E-state index is 14.7. The summed E-state index contributed by atoms with van der Waals surface area (Å²) in [6.07, 6.45) is 2.34. The van der Waals surface area contributed by atoms with E-state index in [1.54, 1.807) is 24.3 Å². The Kier molecular flexibility index (Phi) is 7.70. The molecular weight excluding hydrogens is 487 g/mol. The van der Waals surface area contributed by atoms with Gasteiger partial charge >= 0.3 is 5.97 Å². The molecule has 0 spiro atoms. The fourth-order valence-corrected chi connectivity index (χ4v) is 4.68. The van der Waals surface area contributed by atoms with Crippen LogP contribution in [0.2, 0.25) is 0 Å². The summed E-state index contributed by atoms with van der Waals surface area (Å²) in [4.78, 5) is 28.2. The van der Waals surface area contributed by atoms with Crippen molar-refractivity contribution >= 4 is 17.6 Å². The second-order valence-electron chi connectivity index (χ2n) is 9.18. The number of carbonyl (C=O) groups excluding carboxylic acids is 2. The molecule has 10 heteroatoms. The number of anilines is 1. The summed E-state index contributed by atoms with van der Waals surface area (Å²) in [5.74, 6) is -3.43. The molecule has 0 radical (unpaired) electrons. The number of esters is 1. The molecule has 0 aliphatic carbocycles. The quantitative estimate of drug-likeness (QED) is 0.374. The number of methoxy groups -OCH3 is 1. The standard InChI is InChI=1S/C27H28F3N3O4/c1-33(2)11-10-31-25(34)23-21-8-9-27(37-21,24(23)26(35)36-3)22(12-16-6-4-5-7-20(16)30)32-19-14-17(28)13-18(29)15-19/h4-9,13-15,21-22,32H,10-12H2,1-3H3,(H,31,34). The first-order chi connectivity index (χ1) is 17.6. The molecule has 2 aliphatic rings. The van der Waals surface area contributed by atoms with Gasteiger partial charge in [0.2, 0.25) is 0 Å². The van der Waals surface area contributed by atoms with E-state index in [-0.39, 0.29) is 28.8 Å². The van der Waals surface area contributed by atoms with Gasteiger partial charge in [0.05, 0.1) is 24.3 Å². The Morgan fingerprint density at radius 3 is 2.49 bits per heavy atom. The minimum absolute atomic E-state index is 0.0438. The maximum absolute atomic E-state index is 14.7. The molecule has 3 atom stereocenters. The van der Waals surface area contributed by atoms with Gasteiger partial charge in [-0.15, -0.1) is 0 Å². The maximum Gasteiger partial charge on any atom is 0.337 e. The number of likely N-dealkylation sites (N-methyl/N-ethyl adjacent to an activating group) is 1. The van der Waals surface area contributed by atoms with Crippen LogP contribution in [0.1, 0.15) is 5.56 Å². The lowest BCUT2D eigenvalue weighted by molar-refractivity contribution is -0.138. The van der Waals surface area contributed by atoms with Gasteiger partial charge in [0.25, 0.3) is 5.91 Å². The van der Waals surface area contributed by atoms with Crippen LogP contribution < -0.4 is 10.6 Å². The second-order valence-corrected chi connectivity index (χ2v) is 9.18. The number of ether oxygens (including phenoxy) is 2. The Bertz CT molecular complexity index is 1240. The number of halogens is 3. The average molecular weight is 516 g/mol. The van der Waals surface area contributed by atoms with E-state index >= 15 is 0 Å². The van der Waals surface area contributed by atoms with Crippen molar-refractivity contribution in [3.05, 3.63) is 88.8 Å². The van der Waals surface area contributed by atoms with Crippen LogP contribution in [-0.4, -0.2) is 68.8 Å². The predicted octanol–water partition coefficient (Wildman–Crippen LogP) is 2.98. The number of carbonyl (C=O) groups is 2. The van der Waals surface area contributed by atoms with Crippen molar-refractivity contribution in [2.45, 2.75) is 24.2 Å². The topological polar surface area (TPSA) is 79.9 Å².